The number of nitrogens with one attached hydrogen (secondary N) is 1. The van der Waals surface area contributed by atoms with Gasteiger partial charge in [0.2, 0.25) is 0 Å². The summed E-state index contributed by atoms with van der Waals surface area (Å²) >= 11 is 0. The number of carboxylic acids is 1. The summed E-state index contributed by atoms with van der Waals surface area (Å²) in [7, 11) is 1.41. The highest BCUT2D eigenvalue weighted by Gasteiger charge is 2.15. The van der Waals surface area contributed by atoms with Crippen LogP contribution in [0.25, 0.3) is 0 Å². The van der Waals surface area contributed by atoms with E-state index in [2.05, 4.69) is 10.3 Å². The van der Waals surface area contributed by atoms with Gasteiger partial charge in [0.25, 0.3) is 5.91 Å². The monoisotopic (exact) mass is 288 g/mol. The van der Waals surface area contributed by atoms with Crippen LogP contribution in [0.3, 0.4) is 0 Å². The number of carbonyl (C=O) groups is 2. The molecule has 0 atom stereocenters. The van der Waals surface area contributed by atoms with E-state index in [9.17, 15) is 14.7 Å². The molecular weight excluding hydrogens is 276 g/mol. The van der Waals surface area contributed by atoms with E-state index in [-0.39, 0.29) is 22.6 Å². The molecule has 0 saturated carbocycles. The lowest BCUT2D eigenvalue weighted by Crippen LogP contribution is -2.13. The third-order valence-corrected chi connectivity index (χ3v) is 2.73. The van der Waals surface area contributed by atoms with Crippen LogP contribution in [0.2, 0.25) is 0 Å². The molecule has 0 bridgehead atoms. The Morgan fingerprint density at radius 2 is 2.00 bits per heavy atom. The Kier molecular flexibility index (Phi) is 4.03. The van der Waals surface area contributed by atoms with Crippen LogP contribution in [0.5, 0.6) is 11.5 Å². The number of phenols is 1. The van der Waals surface area contributed by atoms with E-state index in [4.69, 9.17) is 9.84 Å². The summed E-state index contributed by atoms with van der Waals surface area (Å²) in [6.07, 6.45) is 2.84. The predicted molar refractivity (Wildman–Crippen MR) is 73.8 cm³/mol. The van der Waals surface area contributed by atoms with Gasteiger partial charge in [0.05, 0.1) is 18.9 Å². The first kappa shape index (κ1) is 14.3. The lowest BCUT2D eigenvalue weighted by Gasteiger charge is -2.09. The molecular formula is C14H12N2O5. The van der Waals surface area contributed by atoms with Gasteiger partial charge in [0, 0.05) is 11.9 Å². The smallest absolute Gasteiger partial charge is 0.339 e. The number of methoxy groups -OCH3 is 1. The molecule has 0 radical (unpaired) electrons. The van der Waals surface area contributed by atoms with Crippen molar-refractivity contribution in [3.8, 4) is 11.5 Å². The van der Waals surface area contributed by atoms with Gasteiger partial charge in [0.1, 0.15) is 17.1 Å². The minimum atomic E-state index is -1.29. The predicted octanol–water partition coefficient (Wildman–Crippen LogP) is 1.75. The average molecular weight is 288 g/mol. The topological polar surface area (TPSA) is 109 Å². The number of pyridine rings is 1. The van der Waals surface area contributed by atoms with Crippen molar-refractivity contribution in [3.05, 3.63) is 47.8 Å². The summed E-state index contributed by atoms with van der Waals surface area (Å²) in [6, 6.07) is 5.24. The van der Waals surface area contributed by atoms with Crippen LogP contribution < -0.4 is 10.1 Å². The molecule has 108 valence electrons. The largest absolute Gasteiger partial charge is 0.507 e. The van der Waals surface area contributed by atoms with Crippen molar-refractivity contribution in [1.82, 2.24) is 4.98 Å². The number of carboxylic acid groups (broad SMARTS) is 1. The third kappa shape index (κ3) is 3.08. The zero-order valence-electron chi connectivity index (χ0n) is 11.0. The van der Waals surface area contributed by atoms with E-state index in [1.54, 1.807) is 0 Å². The van der Waals surface area contributed by atoms with E-state index >= 15 is 0 Å². The summed E-state index contributed by atoms with van der Waals surface area (Å²) in [5.41, 5.74) is 0.209. The minimum absolute atomic E-state index is 0.245. The molecule has 21 heavy (non-hydrogen) atoms. The Morgan fingerprint density at radius 3 is 2.67 bits per heavy atom. The maximum absolute atomic E-state index is 12.1. The van der Waals surface area contributed by atoms with Gasteiger partial charge in [-0.25, -0.2) is 4.79 Å². The molecule has 1 aromatic heterocycles. The van der Waals surface area contributed by atoms with Gasteiger partial charge in [-0.3, -0.25) is 9.78 Å². The van der Waals surface area contributed by atoms with Crippen LogP contribution in [-0.4, -0.2) is 34.2 Å². The van der Waals surface area contributed by atoms with Gasteiger partial charge < -0.3 is 20.3 Å². The van der Waals surface area contributed by atoms with Crippen LogP contribution in [0.4, 0.5) is 5.69 Å². The number of anilines is 1. The van der Waals surface area contributed by atoms with Gasteiger partial charge in [0.15, 0.2) is 0 Å². The normalized spacial score (nSPS) is 9.95. The number of carbonyl (C=O) groups excluding carboxylic acids is 1. The minimum Gasteiger partial charge on any atom is -0.507 e. The molecule has 0 aliphatic rings. The van der Waals surface area contributed by atoms with E-state index < -0.39 is 11.9 Å². The lowest BCUT2D eigenvalue weighted by atomic mass is 10.1. The zero-order valence-corrected chi connectivity index (χ0v) is 11.0. The highest BCUT2D eigenvalue weighted by atomic mass is 16.5. The molecule has 2 aromatic rings. The first-order chi connectivity index (χ1) is 10.0. The summed E-state index contributed by atoms with van der Waals surface area (Å²) in [5, 5.41) is 20.9. The number of aromatic nitrogens is 1. The fourth-order valence-electron chi connectivity index (χ4n) is 1.71. The van der Waals surface area contributed by atoms with Gasteiger partial charge in [-0.1, -0.05) is 0 Å². The van der Waals surface area contributed by atoms with Gasteiger partial charge >= 0.3 is 5.97 Å². The molecule has 0 spiro atoms. The van der Waals surface area contributed by atoms with Gasteiger partial charge in [-0.2, -0.15) is 0 Å². The summed E-state index contributed by atoms with van der Waals surface area (Å²) in [5.74, 6) is -1.84. The average Bonchev–Trinajstić information content (AvgIpc) is 2.48. The van der Waals surface area contributed by atoms with Gasteiger partial charge in [-0.05, 0) is 24.3 Å². The Labute approximate surface area is 119 Å². The molecule has 0 aliphatic heterocycles. The lowest BCUT2D eigenvalue weighted by molar-refractivity contribution is 0.0693. The maximum atomic E-state index is 12.1. The van der Waals surface area contributed by atoms with Crippen LogP contribution in [0.1, 0.15) is 20.7 Å². The molecule has 1 amide bonds. The molecule has 7 nitrogen and oxygen atoms in total. The first-order valence-electron chi connectivity index (χ1n) is 5.88. The van der Waals surface area contributed by atoms with E-state index in [1.165, 1.54) is 43.8 Å². The number of aromatic hydroxyl groups is 1. The van der Waals surface area contributed by atoms with Crippen LogP contribution in [0, 0.1) is 0 Å². The molecule has 1 heterocycles. The number of hydrogen-bond acceptors (Lipinski definition) is 5. The summed E-state index contributed by atoms with van der Waals surface area (Å²) < 4.78 is 5.03. The third-order valence-electron chi connectivity index (χ3n) is 2.73. The van der Waals surface area contributed by atoms with E-state index in [0.717, 1.165) is 0 Å². The van der Waals surface area contributed by atoms with Crippen molar-refractivity contribution in [2.24, 2.45) is 0 Å². The number of rotatable bonds is 4. The number of benzene rings is 1. The zero-order chi connectivity index (χ0) is 15.4. The number of hydrogen-bond donors (Lipinski definition) is 3. The molecule has 0 saturated heterocycles. The Bertz CT molecular complexity index is 700. The molecule has 0 unspecified atom stereocenters. The first-order valence-corrected chi connectivity index (χ1v) is 5.88. The number of aromatic carboxylic acids is 1. The summed E-state index contributed by atoms with van der Waals surface area (Å²) in [4.78, 5) is 26.9. The number of ether oxygens (including phenoxy) is 1. The van der Waals surface area contributed by atoms with Crippen molar-refractivity contribution < 1.29 is 24.5 Å². The molecule has 0 fully saturated rings. The molecule has 2 rings (SSSR count). The second kappa shape index (κ2) is 5.91. The highest BCUT2D eigenvalue weighted by Crippen LogP contribution is 2.23. The Hall–Kier alpha value is -3.09. The molecule has 0 aliphatic carbocycles. The number of nitrogens with zero attached hydrogens (tertiary/aromatic N) is 1. The van der Waals surface area contributed by atoms with E-state index in [0.29, 0.717) is 5.75 Å². The van der Waals surface area contributed by atoms with E-state index in [1.807, 2.05) is 0 Å². The van der Waals surface area contributed by atoms with Crippen LogP contribution in [0.15, 0.2) is 36.7 Å². The molecule has 7 heteroatoms. The van der Waals surface area contributed by atoms with Crippen molar-refractivity contribution >= 4 is 17.6 Å². The maximum Gasteiger partial charge on any atom is 0.339 e. The standard InChI is InChI=1S/C14H12N2O5/c1-21-12-7-15-5-4-9(12)13(18)16-8-2-3-11(17)10(6-8)14(19)20/h2-7,17H,1H3,(H,16,18)(H,19,20). The van der Waals surface area contributed by atoms with Crippen LogP contribution in [-0.2, 0) is 0 Å². The van der Waals surface area contributed by atoms with Crippen LogP contribution >= 0.6 is 0 Å². The molecule has 3 N–H and O–H groups in total. The molecule has 1 aromatic carbocycles. The Balaban J connectivity index is 2.28. The fraction of sp³-hybridized carbons (Fsp3) is 0.0714. The quantitative estimate of drug-likeness (QED) is 0.739. The summed E-state index contributed by atoms with van der Waals surface area (Å²) in [6.45, 7) is 0. The Morgan fingerprint density at radius 1 is 1.24 bits per heavy atom. The SMILES string of the molecule is COc1cnccc1C(=O)Nc1ccc(O)c(C(=O)O)c1. The fourth-order valence-corrected chi connectivity index (χ4v) is 1.71. The second-order valence-electron chi connectivity index (χ2n) is 4.07. The highest BCUT2D eigenvalue weighted by molar-refractivity contribution is 6.06. The number of amides is 1. The van der Waals surface area contributed by atoms with Crippen molar-refractivity contribution in [1.29, 1.82) is 0 Å². The van der Waals surface area contributed by atoms with Crippen molar-refractivity contribution in [2.75, 3.05) is 12.4 Å². The second-order valence-corrected chi connectivity index (χ2v) is 4.07. The van der Waals surface area contributed by atoms with Crippen molar-refractivity contribution in [3.63, 3.8) is 0 Å². The van der Waals surface area contributed by atoms with Crippen molar-refractivity contribution in [2.45, 2.75) is 0 Å². The van der Waals surface area contributed by atoms with Gasteiger partial charge in [-0.15, -0.1) is 0 Å².